The summed E-state index contributed by atoms with van der Waals surface area (Å²) < 4.78 is 11.6. The summed E-state index contributed by atoms with van der Waals surface area (Å²) in [5, 5.41) is 38.8. The van der Waals surface area contributed by atoms with E-state index in [-0.39, 0.29) is 29.1 Å². The van der Waals surface area contributed by atoms with Crippen LogP contribution in [-0.2, 0) is 11.2 Å². The van der Waals surface area contributed by atoms with Crippen molar-refractivity contribution in [1.29, 1.82) is 0 Å². The van der Waals surface area contributed by atoms with Crippen LogP contribution >= 0.6 is 0 Å². The van der Waals surface area contributed by atoms with Crippen molar-refractivity contribution >= 4 is 0 Å². The molecule has 23 heavy (non-hydrogen) atoms. The molecule has 2 atom stereocenters. The van der Waals surface area contributed by atoms with Gasteiger partial charge in [0.1, 0.15) is 23.4 Å². The summed E-state index contributed by atoms with van der Waals surface area (Å²) in [4.78, 5) is 0. The molecule has 6 nitrogen and oxygen atoms in total. The molecule has 122 valence electrons. The van der Waals surface area contributed by atoms with E-state index in [2.05, 4.69) is 0 Å². The van der Waals surface area contributed by atoms with Gasteiger partial charge in [0, 0.05) is 30.7 Å². The van der Waals surface area contributed by atoms with Gasteiger partial charge >= 0.3 is 0 Å². The molecule has 2 unspecified atom stereocenters. The van der Waals surface area contributed by atoms with Crippen LogP contribution in [0, 0.1) is 0 Å². The highest BCUT2D eigenvalue weighted by Gasteiger charge is 2.34. The number of hydrogen-bond donors (Lipinski definition) is 4. The maximum atomic E-state index is 9.99. The fraction of sp³-hybridized carbons (Fsp3) is 0.294. The summed E-state index contributed by atoms with van der Waals surface area (Å²) in [5.74, 6) is -0.227. The van der Waals surface area contributed by atoms with Crippen molar-refractivity contribution in [2.75, 3.05) is 6.61 Å². The first-order valence-corrected chi connectivity index (χ1v) is 7.34. The monoisotopic (exact) mass is 318 g/mol. The minimum atomic E-state index is -0.532. The second kappa shape index (κ2) is 5.89. The van der Waals surface area contributed by atoms with Gasteiger partial charge in [0.15, 0.2) is 17.6 Å². The number of rotatable bonds is 3. The van der Waals surface area contributed by atoms with Crippen molar-refractivity contribution < 1.29 is 29.9 Å². The Morgan fingerprint density at radius 1 is 1.04 bits per heavy atom. The Balaban J connectivity index is 2.02. The molecule has 0 saturated carbocycles. The van der Waals surface area contributed by atoms with Gasteiger partial charge in [-0.25, -0.2) is 0 Å². The molecule has 4 N–H and O–H groups in total. The molecule has 3 rings (SSSR count). The van der Waals surface area contributed by atoms with Crippen LogP contribution in [0.2, 0.25) is 0 Å². The molecule has 0 bridgehead atoms. The van der Waals surface area contributed by atoms with Crippen molar-refractivity contribution in [2.45, 2.75) is 25.6 Å². The largest absolute Gasteiger partial charge is 0.508 e. The van der Waals surface area contributed by atoms with E-state index < -0.39 is 6.10 Å². The first kappa shape index (κ1) is 15.3. The van der Waals surface area contributed by atoms with Crippen LogP contribution in [0.15, 0.2) is 30.3 Å². The molecule has 0 radical (unpaired) electrons. The van der Waals surface area contributed by atoms with Crippen molar-refractivity contribution in [1.82, 2.24) is 0 Å². The zero-order valence-electron chi connectivity index (χ0n) is 12.6. The van der Waals surface area contributed by atoms with Crippen molar-refractivity contribution in [2.24, 2.45) is 0 Å². The predicted octanol–water partition coefficient (Wildman–Crippen LogP) is 2.59. The standard InChI is InChI=1S/C17H18O6/c1-2-22-16-8-11-13(20)6-10(18)7-15(11)23-17(16)9-3-4-12(19)14(21)5-9/h3-7,16-21H,2,8H2,1H3. The van der Waals surface area contributed by atoms with E-state index in [0.29, 0.717) is 29.9 Å². The Morgan fingerprint density at radius 3 is 2.52 bits per heavy atom. The second-order valence-corrected chi connectivity index (χ2v) is 5.43. The summed E-state index contributed by atoms with van der Waals surface area (Å²) in [7, 11) is 0. The third kappa shape index (κ3) is 2.85. The van der Waals surface area contributed by atoms with Crippen molar-refractivity contribution in [3.05, 3.63) is 41.5 Å². The first-order valence-electron chi connectivity index (χ1n) is 7.34. The highest BCUT2D eigenvalue weighted by molar-refractivity contribution is 5.52. The SMILES string of the molecule is CCOC1Cc2c(O)cc(O)cc2OC1c1ccc(O)c(O)c1. The number of fused-ring (bicyclic) bond motifs is 1. The zero-order valence-corrected chi connectivity index (χ0v) is 12.6. The van der Waals surface area contributed by atoms with Gasteiger partial charge in [-0.1, -0.05) is 6.07 Å². The first-order chi connectivity index (χ1) is 11.0. The fourth-order valence-corrected chi connectivity index (χ4v) is 2.81. The average molecular weight is 318 g/mol. The Kier molecular flexibility index (Phi) is 3.92. The topological polar surface area (TPSA) is 99.4 Å². The number of ether oxygens (including phenoxy) is 2. The van der Waals surface area contributed by atoms with Crippen LogP contribution in [0.3, 0.4) is 0 Å². The molecule has 0 saturated heterocycles. The van der Waals surface area contributed by atoms with E-state index >= 15 is 0 Å². The molecule has 2 aromatic rings. The normalized spacial score (nSPS) is 19.9. The third-order valence-electron chi connectivity index (χ3n) is 3.88. The molecule has 2 aromatic carbocycles. The van der Waals surface area contributed by atoms with E-state index in [1.54, 1.807) is 6.07 Å². The van der Waals surface area contributed by atoms with Gasteiger partial charge in [-0.05, 0) is 24.6 Å². The van der Waals surface area contributed by atoms with Gasteiger partial charge in [-0.15, -0.1) is 0 Å². The quantitative estimate of drug-likeness (QED) is 0.649. The molecule has 1 aliphatic rings. The third-order valence-corrected chi connectivity index (χ3v) is 3.88. The molecule has 0 spiro atoms. The van der Waals surface area contributed by atoms with E-state index in [1.165, 1.54) is 24.3 Å². The molecule has 6 heteroatoms. The molecule has 1 aliphatic heterocycles. The lowest BCUT2D eigenvalue weighted by atomic mass is 9.93. The summed E-state index contributed by atoms with van der Waals surface area (Å²) in [6, 6.07) is 7.13. The minimum absolute atomic E-state index is 0.0447. The number of phenols is 4. The molecule has 0 aromatic heterocycles. The van der Waals surface area contributed by atoms with Gasteiger partial charge in [-0.2, -0.15) is 0 Å². The van der Waals surface area contributed by atoms with Gasteiger partial charge in [0.05, 0.1) is 0 Å². The molecule has 0 aliphatic carbocycles. The van der Waals surface area contributed by atoms with Crippen LogP contribution in [0.5, 0.6) is 28.7 Å². The molecule has 0 amide bonds. The highest BCUT2D eigenvalue weighted by Crippen LogP contribution is 2.43. The number of phenolic OH excluding ortho intramolecular Hbond substituents is 4. The van der Waals surface area contributed by atoms with Crippen LogP contribution in [0.1, 0.15) is 24.2 Å². The van der Waals surface area contributed by atoms with Gasteiger partial charge in [0.25, 0.3) is 0 Å². The lowest BCUT2D eigenvalue weighted by Gasteiger charge is -2.34. The number of aromatic hydroxyl groups is 4. The maximum Gasteiger partial charge on any atom is 0.157 e. The second-order valence-electron chi connectivity index (χ2n) is 5.43. The number of benzene rings is 2. The Hall–Kier alpha value is -2.60. The van der Waals surface area contributed by atoms with E-state index in [1.807, 2.05) is 6.92 Å². The van der Waals surface area contributed by atoms with Gasteiger partial charge < -0.3 is 29.9 Å². The predicted molar refractivity (Wildman–Crippen MR) is 82.0 cm³/mol. The van der Waals surface area contributed by atoms with Crippen LogP contribution < -0.4 is 4.74 Å². The molecule has 0 fully saturated rings. The van der Waals surface area contributed by atoms with E-state index in [0.717, 1.165) is 0 Å². The highest BCUT2D eigenvalue weighted by atomic mass is 16.5. The van der Waals surface area contributed by atoms with Crippen LogP contribution in [-0.4, -0.2) is 33.1 Å². The van der Waals surface area contributed by atoms with E-state index in [9.17, 15) is 20.4 Å². The Labute approximate surface area is 133 Å². The minimum Gasteiger partial charge on any atom is -0.508 e. The zero-order chi connectivity index (χ0) is 16.6. The van der Waals surface area contributed by atoms with Crippen molar-refractivity contribution in [3.8, 4) is 28.7 Å². The lowest BCUT2D eigenvalue weighted by Crippen LogP contribution is -2.33. The molecule has 1 heterocycles. The smallest absolute Gasteiger partial charge is 0.157 e. The van der Waals surface area contributed by atoms with Gasteiger partial charge in [-0.3, -0.25) is 0 Å². The van der Waals surface area contributed by atoms with Gasteiger partial charge in [0.2, 0.25) is 0 Å². The summed E-state index contributed by atoms with van der Waals surface area (Å²) in [6.45, 7) is 2.32. The Morgan fingerprint density at radius 2 is 1.83 bits per heavy atom. The number of hydrogen-bond acceptors (Lipinski definition) is 6. The van der Waals surface area contributed by atoms with Crippen LogP contribution in [0.4, 0.5) is 0 Å². The molecular weight excluding hydrogens is 300 g/mol. The van der Waals surface area contributed by atoms with E-state index in [4.69, 9.17) is 9.47 Å². The summed E-state index contributed by atoms with van der Waals surface area (Å²) in [6.07, 6.45) is -0.497. The Bertz CT molecular complexity index is 727. The molecular formula is C17H18O6. The fourth-order valence-electron chi connectivity index (χ4n) is 2.81. The summed E-state index contributed by atoms with van der Waals surface area (Å²) in [5.41, 5.74) is 1.20. The summed E-state index contributed by atoms with van der Waals surface area (Å²) >= 11 is 0. The lowest BCUT2D eigenvalue weighted by molar-refractivity contribution is -0.0332. The van der Waals surface area contributed by atoms with Crippen molar-refractivity contribution in [3.63, 3.8) is 0 Å². The van der Waals surface area contributed by atoms with Crippen LogP contribution in [0.25, 0.3) is 0 Å². The maximum absolute atomic E-state index is 9.99. The average Bonchev–Trinajstić information content (AvgIpc) is 2.50.